The molecule has 2 N–H and O–H groups in total. The van der Waals surface area contributed by atoms with E-state index in [0.29, 0.717) is 6.07 Å². The van der Waals surface area contributed by atoms with Gasteiger partial charge in [-0.15, -0.1) is 0 Å². The van der Waals surface area contributed by atoms with E-state index in [9.17, 15) is 31.2 Å². The van der Waals surface area contributed by atoms with Gasteiger partial charge in [-0.1, -0.05) is 11.6 Å². The number of rotatable bonds is 4. The SMILES string of the molecule is CC(=O)Nc1ccc(NC(=O)c2cc(S(C)(=O)=O)ccc2Cl)c(C(F)(F)F)c1. The third-order valence-electron chi connectivity index (χ3n) is 3.50. The van der Waals surface area contributed by atoms with Gasteiger partial charge in [0.15, 0.2) is 9.84 Å². The van der Waals surface area contributed by atoms with E-state index in [-0.39, 0.29) is 21.2 Å². The Labute approximate surface area is 163 Å². The van der Waals surface area contributed by atoms with Crippen LogP contribution in [0.4, 0.5) is 24.5 Å². The summed E-state index contributed by atoms with van der Waals surface area (Å²) >= 11 is 5.89. The second kappa shape index (κ2) is 7.80. The first kappa shape index (κ1) is 21.7. The third kappa shape index (κ3) is 5.23. The normalized spacial score (nSPS) is 11.8. The topological polar surface area (TPSA) is 92.3 Å². The van der Waals surface area contributed by atoms with Gasteiger partial charge < -0.3 is 10.6 Å². The molecule has 150 valence electrons. The molecule has 0 radical (unpaired) electrons. The fourth-order valence-corrected chi connectivity index (χ4v) is 3.12. The number of hydrogen-bond donors (Lipinski definition) is 2. The molecule has 2 amide bonds. The molecule has 0 saturated carbocycles. The molecule has 0 aromatic heterocycles. The fraction of sp³-hybridized carbons (Fsp3) is 0.176. The van der Waals surface area contributed by atoms with Gasteiger partial charge in [0.1, 0.15) is 0 Å². The number of nitrogens with one attached hydrogen (secondary N) is 2. The van der Waals surface area contributed by atoms with E-state index in [0.717, 1.165) is 31.4 Å². The van der Waals surface area contributed by atoms with E-state index in [1.165, 1.54) is 12.1 Å². The first-order valence-electron chi connectivity index (χ1n) is 7.59. The summed E-state index contributed by atoms with van der Waals surface area (Å²) in [5.74, 6) is -1.58. The van der Waals surface area contributed by atoms with Crippen molar-refractivity contribution >= 4 is 44.6 Å². The Balaban J connectivity index is 2.45. The summed E-state index contributed by atoms with van der Waals surface area (Å²) < 4.78 is 63.3. The lowest BCUT2D eigenvalue weighted by Gasteiger charge is -2.16. The second-order valence-electron chi connectivity index (χ2n) is 5.81. The molecule has 2 aromatic rings. The summed E-state index contributed by atoms with van der Waals surface area (Å²) in [7, 11) is -3.66. The number of hydrogen-bond acceptors (Lipinski definition) is 4. The molecule has 0 aliphatic carbocycles. The number of alkyl halides is 3. The van der Waals surface area contributed by atoms with Crippen molar-refractivity contribution in [3.63, 3.8) is 0 Å². The van der Waals surface area contributed by atoms with Crippen molar-refractivity contribution in [1.82, 2.24) is 0 Å². The van der Waals surface area contributed by atoms with Gasteiger partial charge in [0.2, 0.25) is 5.91 Å². The molecule has 0 aliphatic rings. The molecule has 0 aliphatic heterocycles. The standard InChI is InChI=1S/C17H14ClF3N2O4S/c1-9(24)22-10-3-6-15(13(7-10)17(19,20)21)23-16(25)12-8-11(28(2,26)27)4-5-14(12)18/h3-8H,1-2H3,(H,22,24)(H,23,25). The average molecular weight is 435 g/mol. The highest BCUT2D eigenvalue weighted by Crippen LogP contribution is 2.37. The van der Waals surface area contributed by atoms with Gasteiger partial charge in [0.25, 0.3) is 5.91 Å². The maximum atomic E-state index is 13.3. The largest absolute Gasteiger partial charge is 0.418 e. The number of halogens is 4. The summed E-state index contributed by atoms with van der Waals surface area (Å²) in [6.45, 7) is 1.14. The van der Waals surface area contributed by atoms with Crippen LogP contribution in [0.15, 0.2) is 41.3 Å². The lowest BCUT2D eigenvalue weighted by atomic mass is 10.1. The van der Waals surface area contributed by atoms with E-state index in [4.69, 9.17) is 11.6 Å². The summed E-state index contributed by atoms with van der Waals surface area (Å²) in [6, 6.07) is 6.15. The zero-order chi connectivity index (χ0) is 21.3. The van der Waals surface area contributed by atoms with Gasteiger partial charge in [-0.25, -0.2) is 8.42 Å². The van der Waals surface area contributed by atoms with Crippen molar-refractivity contribution in [2.75, 3.05) is 16.9 Å². The molecule has 0 bridgehead atoms. The predicted octanol–water partition coefficient (Wildman–Crippen LogP) is 3.97. The van der Waals surface area contributed by atoms with Crippen LogP contribution in [0, 0.1) is 0 Å². The van der Waals surface area contributed by atoms with E-state index < -0.39 is 39.1 Å². The summed E-state index contributed by atoms with van der Waals surface area (Å²) in [5, 5.41) is 4.17. The van der Waals surface area contributed by atoms with E-state index in [1.807, 2.05) is 0 Å². The number of carbonyl (C=O) groups is 2. The van der Waals surface area contributed by atoms with Crippen LogP contribution in [0.3, 0.4) is 0 Å². The molecular formula is C17H14ClF3N2O4S. The molecule has 2 aromatic carbocycles. The molecule has 0 saturated heterocycles. The molecule has 0 fully saturated rings. The van der Waals surface area contributed by atoms with Crippen LogP contribution in [-0.4, -0.2) is 26.5 Å². The van der Waals surface area contributed by atoms with Crippen molar-refractivity contribution in [1.29, 1.82) is 0 Å². The van der Waals surface area contributed by atoms with Crippen LogP contribution < -0.4 is 10.6 Å². The van der Waals surface area contributed by atoms with Crippen molar-refractivity contribution < 1.29 is 31.2 Å². The summed E-state index contributed by atoms with van der Waals surface area (Å²) in [5.41, 5.74) is -2.17. The highest BCUT2D eigenvalue weighted by atomic mass is 35.5. The Hall–Kier alpha value is -2.59. The second-order valence-corrected chi connectivity index (χ2v) is 8.23. The number of amides is 2. The Bertz CT molecular complexity index is 1050. The van der Waals surface area contributed by atoms with Crippen LogP contribution in [0.5, 0.6) is 0 Å². The minimum atomic E-state index is -4.82. The zero-order valence-corrected chi connectivity index (χ0v) is 16.1. The average Bonchev–Trinajstić information content (AvgIpc) is 2.54. The number of anilines is 2. The molecule has 0 atom stereocenters. The van der Waals surface area contributed by atoms with Crippen molar-refractivity contribution in [2.45, 2.75) is 18.0 Å². The molecule has 2 rings (SSSR count). The molecular weight excluding hydrogens is 421 g/mol. The molecule has 11 heteroatoms. The summed E-state index contributed by atoms with van der Waals surface area (Å²) in [6.07, 6.45) is -3.91. The quantitative estimate of drug-likeness (QED) is 0.761. The van der Waals surface area contributed by atoms with Gasteiger partial charge in [-0.2, -0.15) is 13.2 Å². The van der Waals surface area contributed by atoms with Gasteiger partial charge in [0, 0.05) is 18.9 Å². The number of benzene rings is 2. The zero-order valence-electron chi connectivity index (χ0n) is 14.5. The highest BCUT2D eigenvalue weighted by Gasteiger charge is 2.34. The number of carbonyl (C=O) groups excluding carboxylic acids is 2. The van der Waals surface area contributed by atoms with Gasteiger partial charge in [0.05, 0.1) is 26.7 Å². The van der Waals surface area contributed by atoms with Crippen LogP contribution in [0.1, 0.15) is 22.8 Å². The minimum absolute atomic E-state index is 0.102. The lowest BCUT2D eigenvalue weighted by molar-refractivity contribution is -0.137. The lowest BCUT2D eigenvalue weighted by Crippen LogP contribution is -2.18. The van der Waals surface area contributed by atoms with Crippen LogP contribution >= 0.6 is 11.6 Å². The monoisotopic (exact) mass is 434 g/mol. The van der Waals surface area contributed by atoms with E-state index in [1.54, 1.807) is 0 Å². The molecule has 0 heterocycles. The van der Waals surface area contributed by atoms with Crippen LogP contribution in [0.2, 0.25) is 5.02 Å². The van der Waals surface area contributed by atoms with Gasteiger partial charge in [-0.3, -0.25) is 9.59 Å². The van der Waals surface area contributed by atoms with E-state index >= 15 is 0 Å². The number of sulfone groups is 1. The molecule has 6 nitrogen and oxygen atoms in total. The molecule has 0 unspecified atom stereocenters. The first-order chi connectivity index (χ1) is 12.8. The van der Waals surface area contributed by atoms with Gasteiger partial charge >= 0.3 is 6.18 Å². The van der Waals surface area contributed by atoms with Crippen molar-refractivity contribution in [3.8, 4) is 0 Å². The Morgan fingerprint density at radius 2 is 1.68 bits per heavy atom. The Kier molecular flexibility index (Phi) is 6.05. The molecule has 28 heavy (non-hydrogen) atoms. The van der Waals surface area contributed by atoms with Crippen molar-refractivity contribution in [3.05, 3.63) is 52.5 Å². The first-order valence-corrected chi connectivity index (χ1v) is 9.86. The highest BCUT2D eigenvalue weighted by molar-refractivity contribution is 7.90. The van der Waals surface area contributed by atoms with Crippen LogP contribution in [0.25, 0.3) is 0 Å². The Morgan fingerprint density at radius 1 is 1.04 bits per heavy atom. The predicted molar refractivity (Wildman–Crippen MR) is 98.3 cm³/mol. The third-order valence-corrected chi connectivity index (χ3v) is 4.94. The van der Waals surface area contributed by atoms with E-state index in [2.05, 4.69) is 10.6 Å². The molecule has 0 spiro atoms. The van der Waals surface area contributed by atoms with Gasteiger partial charge in [-0.05, 0) is 36.4 Å². The maximum Gasteiger partial charge on any atom is 0.418 e. The van der Waals surface area contributed by atoms with Crippen molar-refractivity contribution in [2.24, 2.45) is 0 Å². The summed E-state index contributed by atoms with van der Waals surface area (Å²) in [4.78, 5) is 23.3. The fourth-order valence-electron chi connectivity index (χ4n) is 2.27. The van der Waals surface area contributed by atoms with Crippen LogP contribution in [-0.2, 0) is 20.8 Å². The maximum absolute atomic E-state index is 13.3. The Morgan fingerprint density at radius 3 is 2.21 bits per heavy atom. The smallest absolute Gasteiger partial charge is 0.326 e. The minimum Gasteiger partial charge on any atom is -0.326 e.